The Balaban J connectivity index is 0.00000106. The number of fused-ring (bicyclic) bond motifs is 2. The number of nitrogens with zero attached hydrogens (tertiary/aromatic N) is 1. The Morgan fingerprint density at radius 2 is 1.67 bits per heavy atom. The summed E-state index contributed by atoms with van der Waals surface area (Å²) in [6, 6.07) is 12.6. The maximum Gasteiger partial charge on any atom is 0.231 e. The van der Waals surface area contributed by atoms with Gasteiger partial charge in [-0.25, -0.2) is 0 Å². The van der Waals surface area contributed by atoms with Gasteiger partial charge in [-0.15, -0.1) is 0 Å². The van der Waals surface area contributed by atoms with Crippen LogP contribution in [-0.2, 0) is 0 Å². The molecular weight excluding hydrogens is 378 g/mol. The topological polar surface area (TPSA) is 40.2 Å². The van der Waals surface area contributed by atoms with Gasteiger partial charge in [0, 0.05) is 37.1 Å². The second-order valence-corrected chi connectivity index (χ2v) is 7.97. The summed E-state index contributed by atoms with van der Waals surface area (Å²) in [6.45, 7) is 11.4. The molecule has 0 bridgehead atoms. The standard InChI is InChI=1S/C23H27NO4.C2H6/c1-3-25-17-8-6-16(7-9-17)19-14-23(2,24-10-4-5-11-24)28-20-13-22-21(12-18(19)20)26-15-27-22;1-2/h6-9,12-13,19H,3-5,10-11,14-15H2,1-2H3;1-2H3. The SMILES string of the molecule is CC.CCOc1ccc(C2CC(C)(N3CCCC3)Oc3cc4c(cc32)OCO4)cc1. The summed E-state index contributed by atoms with van der Waals surface area (Å²) in [7, 11) is 0. The molecule has 3 aliphatic rings. The Kier molecular flexibility index (Phi) is 6.09. The van der Waals surface area contributed by atoms with E-state index in [4.69, 9.17) is 18.9 Å². The highest BCUT2D eigenvalue weighted by molar-refractivity contribution is 5.56. The molecule has 5 rings (SSSR count). The van der Waals surface area contributed by atoms with Gasteiger partial charge in [0.15, 0.2) is 17.2 Å². The van der Waals surface area contributed by atoms with Gasteiger partial charge in [-0.3, -0.25) is 4.90 Å². The van der Waals surface area contributed by atoms with Crippen molar-refractivity contribution in [3.63, 3.8) is 0 Å². The van der Waals surface area contributed by atoms with Crippen LogP contribution in [0.1, 0.15) is 64.0 Å². The molecule has 0 radical (unpaired) electrons. The van der Waals surface area contributed by atoms with E-state index >= 15 is 0 Å². The van der Waals surface area contributed by atoms with Gasteiger partial charge >= 0.3 is 0 Å². The molecule has 30 heavy (non-hydrogen) atoms. The normalized spacial score (nSPS) is 24.5. The molecule has 0 saturated carbocycles. The summed E-state index contributed by atoms with van der Waals surface area (Å²) in [5, 5.41) is 0. The van der Waals surface area contributed by atoms with Crippen LogP contribution in [0.2, 0.25) is 0 Å². The zero-order valence-electron chi connectivity index (χ0n) is 18.6. The minimum absolute atomic E-state index is 0.236. The number of likely N-dealkylation sites (tertiary alicyclic amines) is 1. The predicted octanol–water partition coefficient (Wildman–Crippen LogP) is 5.57. The average Bonchev–Trinajstić information content (AvgIpc) is 3.46. The van der Waals surface area contributed by atoms with Crippen molar-refractivity contribution < 1.29 is 18.9 Å². The van der Waals surface area contributed by atoms with Crippen LogP contribution in [0.3, 0.4) is 0 Å². The number of ether oxygens (including phenoxy) is 4. The van der Waals surface area contributed by atoms with Crippen molar-refractivity contribution in [1.82, 2.24) is 4.90 Å². The molecule has 3 aliphatic heterocycles. The smallest absolute Gasteiger partial charge is 0.231 e. The number of benzene rings is 2. The molecular formula is C25H33NO4. The highest BCUT2D eigenvalue weighted by Crippen LogP contribution is 2.50. The highest BCUT2D eigenvalue weighted by Gasteiger charge is 2.44. The van der Waals surface area contributed by atoms with Crippen molar-refractivity contribution in [3.8, 4) is 23.0 Å². The maximum absolute atomic E-state index is 6.61. The molecule has 0 aliphatic carbocycles. The molecule has 5 nitrogen and oxygen atoms in total. The van der Waals surface area contributed by atoms with E-state index in [1.807, 2.05) is 26.8 Å². The largest absolute Gasteiger partial charge is 0.494 e. The molecule has 5 heteroatoms. The van der Waals surface area contributed by atoms with E-state index in [-0.39, 0.29) is 18.4 Å². The molecule has 0 aromatic heterocycles. The minimum atomic E-state index is -0.319. The van der Waals surface area contributed by atoms with Crippen LogP contribution in [0.25, 0.3) is 0 Å². The van der Waals surface area contributed by atoms with E-state index < -0.39 is 0 Å². The number of hydrogen-bond acceptors (Lipinski definition) is 5. The van der Waals surface area contributed by atoms with Gasteiger partial charge in [0.05, 0.1) is 6.61 Å². The first-order valence-corrected chi connectivity index (χ1v) is 11.3. The van der Waals surface area contributed by atoms with E-state index in [9.17, 15) is 0 Å². The van der Waals surface area contributed by atoms with Gasteiger partial charge < -0.3 is 18.9 Å². The van der Waals surface area contributed by atoms with Crippen LogP contribution in [0.15, 0.2) is 36.4 Å². The van der Waals surface area contributed by atoms with Crippen LogP contribution < -0.4 is 18.9 Å². The second kappa shape index (κ2) is 8.76. The lowest BCUT2D eigenvalue weighted by atomic mass is 9.81. The fourth-order valence-electron chi connectivity index (χ4n) is 4.71. The highest BCUT2D eigenvalue weighted by atomic mass is 16.7. The molecule has 2 atom stereocenters. The first-order valence-electron chi connectivity index (χ1n) is 11.3. The third kappa shape index (κ3) is 3.83. The molecule has 1 saturated heterocycles. The lowest BCUT2D eigenvalue weighted by Gasteiger charge is -2.45. The Labute approximate surface area is 179 Å². The molecule has 0 N–H and O–H groups in total. The second-order valence-electron chi connectivity index (χ2n) is 7.97. The molecule has 0 amide bonds. The quantitative estimate of drug-likeness (QED) is 0.658. The van der Waals surface area contributed by atoms with Crippen molar-refractivity contribution in [2.75, 3.05) is 26.5 Å². The van der Waals surface area contributed by atoms with Crippen LogP contribution in [-0.4, -0.2) is 37.1 Å². The Hall–Kier alpha value is -2.40. The summed E-state index contributed by atoms with van der Waals surface area (Å²) in [6.07, 6.45) is 3.38. The molecule has 162 valence electrons. The van der Waals surface area contributed by atoms with E-state index in [1.165, 1.54) is 24.0 Å². The van der Waals surface area contributed by atoms with Crippen molar-refractivity contribution in [1.29, 1.82) is 0 Å². The molecule has 2 aromatic carbocycles. The lowest BCUT2D eigenvalue weighted by molar-refractivity contribution is -0.0768. The zero-order valence-corrected chi connectivity index (χ0v) is 18.6. The van der Waals surface area contributed by atoms with Crippen LogP contribution in [0.5, 0.6) is 23.0 Å². The van der Waals surface area contributed by atoms with Crippen molar-refractivity contribution in [2.45, 2.75) is 58.6 Å². The third-order valence-corrected chi connectivity index (χ3v) is 6.16. The monoisotopic (exact) mass is 411 g/mol. The Bertz CT molecular complexity index is 860. The maximum atomic E-state index is 6.61. The molecule has 3 heterocycles. The van der Waals surface area contributed by atoms with Crippen molar-refractivity contribution in [3.05, 3.63) is 47.5 Å². The summed E-state index contributed by atoms with van der Waals surface area (Å²) in [5.74, 6) is 3.63. The summed E-state index contributed by atoms with van der Waals surface area (Å²) in [4.78, 5) is 2.49. The fraction of sp³-hybridized carbons (Fsp3) is 0.520. The van der Waals surface area contributed by atoms with Gasteiger partial charge in [0.2, 0.25) is 6.79 Å². The Morgan fingerprint density at radius 3 is 2.33 bits per heavy atom. The van der Waals surface area contributed by atoms with Crippen LogP contribution in [0, 0.1) is 0 Å². The van der Waals surface area contributed by atoms with E-state index in [2.05, 4.69) is 42.2 Å². The summed E-state index contributed by atoms with van der Waals surface area (Å²) in [5.41, 5.74) is 2.13. The third-order valence-electron chi connectivity index (χ3n) is 6.16. The van der Waals surface area contributed by atoms with Gasteiger partial charge in [0.1, 0.15) is 11.5 Å². The number of hydrogen-bond donors (Lipinski definition) is 0. The number of rotatable bonds is 4. The zero-order chi connectivity index (χ0) is 21.1. The Morgan fingerprint density at radius 1 is 1.00 bits per heavy atom. The van der Waals surface area contributed by atoms with Gasteiger partial charge in [-0.1, -0.05) is 26.0 Å². The minimum Gasteiger partial charge on any atom is -0.494 e. The lowest BCUT2D eigenvalue weighted by Crippen LogP contribution is -2.52. The van der Waals surface area contributed by atoms with Gasteiger partial charge in [-0.2, -0.15) is 0 Å². The first kappa shape index (κ1) is 20.9. The predicted molar refractivity (Wildman–Crippen MR) is 118 cm³/mol. The molecule has 2 aromatic rings. The first-order chi connectivity index (χ1) is 14.7. The molecule has 2 unspecified atom stereocenters. The van der Waals surface area contributed by atoms with Gasteiger partial charge in [-0.05, 0) is 50.5 Å². The van der Waals surface area contributed by atoms with Crippen LogP contribution in [0.4, 0.5) is 0 Å². The average molecular weight is 412 g/mol. The summed E-state index contributed by atoms with van der Waals surface area (Å²) >= 11 is 0. The van der Waals surface area contributed by atoms with E-state index in [1.54, 1.807) is 0 Å². The van der Waals surface area contributed by atoms with E-state index in [0.29, 0.717) is 6.61 Å². The summed E-state index contributed by atoms with van der Waals surface area (Å²) < 4.78 is 23.5. The van der Waals surface area contributed by atoms with Crippen molar-refractivity contribution in [2.24, 2.45) is 0 Å². The molecule has 0 spiro atoms. The van der Waals surface area contributed by atoms with Crippen molar-refractivity contribution >= 4 is 0 Å². The van der Waals surface area contributed by atoms with Gasteiger partial charge in [0.25, 0.3) is 0 Å². The molecule has 1 fully saturated rings. The fourth-order valence-corrected chi connectivity index (χ4v) is 4.71. The van der Waals surface area contributed by atoms with E-state index in [0.717, 1.165) is 42.5 Å². The van der Waals surface area contributed by atoms with Crippen LogP contribution >= 0.6 is 0 Å².